The summed E-state index contributed by atoms with van der Waals surface area (Å²) in [6, 6.07) is 11.2. The molecule has 1 fully saturated rings. The molecule has 35 heavy (non-hydrogen) atoms. The molecule has 1 aliphatic rings. The Balaban J connectivity index is 1.52. The summed E-state index contributed by atoms with van der Waals surface area (Å²) in [6.07, 6.45) is 3.03. The van der Waals surface area contributed by atoms with Crippen molar-refractivity contribution in [1.82, 2.24) is 0 Å². The number of fused-ring (bicyclic) bond motifs is 1. The Morgan fingerprint density at radius 3 is 2.60 bits per heavy atom. The van der Waals surface area contributed by atoms with Gasteiger partial charge in [-0.05, 0) is 55.2 Å². The second kappa shape index (κ2) is 12.5. The molecule has 1 saturated heterocycles. The summed E-state index contributed by atoms with van der Waals surface area (Å²) in [5.41, 5.74) is 1.22. The highest BCUT2D eigenvalue weighted by Crippen LogP contribution is 2.33. The van der Waals surface area contributed by atoms with Crippen LogP contribution in [0.3, 0.4) is 0 Å². The first-order chi connectivity index (χ1) is 16.8. The predicted octanol–water partition coefficient (Wildman–Crippen LogP) is 5.27. The molecule has 1 aliphatic heterocycles. The van der Waals surface area contributed by atoms with Crippen molar-refractivity contribution in [3.63, 3.8) is 0 Å². The number of carbonyl (C=O) groups is 2. The normalized spacial score (nSPS) is 20.4. The van der Waals surface area contributed by atoms with Gasteiger partial charge in [-0.25, -0.2) is 9.59 Å². The maximum absolute atomic E-state index is 12.1. The number of hydrogen-bond acceptors (Lipinski definition) is 8. The lowest BCUT2D eigenvalue weighted by atomic mass is 10.0. The van der Waals surface area contributed by atoms with Gasteiger partial charge in [-0.2, -0.15) is 0 Å². The largest absolute Gasteiger partial charge is 0.507 e. The molecule has 1 N–H and O–H groups in total. The van der Waals surface area contributed by atoms with Crippen LogP contribution in [0.2, 0.25) is 0 Å². The molecule has 2 aromatic rings. The fraction of sp³-hybridized carbons (Fsp3) is 0.407. The van der Waals surface area contributed by atoms with Crippen molar-refractivity contribution >= 4 is 22.7 Å². The van der Waals surface area contributed by atoms with Gasteiger partial charge in [-0.15, -0.1) is 0 Å². The Morgan fingerprint density at radius 1 is 1.11 bits per heavy atom. The van der Waals surface area contributed by atoms with E-state index in [1.165, 1.54) is 0 Å². The summed E-state index contributed by atoms with van der Waals surface area (Å²) < 4.78 is 27.2. The summed E-state index contributed by atoms with van der Waals surface area (Å²) in [7, 11) is 0. The van der Waals surface area contributed by atoms with E-state index in [2.05, 4.69) is 20.4 Å². The van der Waals surface area contributed by atoms with Crippen LogP contribution in [-0.2, 0) is 28.5 Å². The number of benzene rings is 2. The van der Waals surface area contributed by atoms with Crippen molar-refractivity contribution in [2.75, 3.05) is 13.2 Å². The summed E-state index contributed by atoms with van der Waals surface area (Å²) in [5.74, 6) is -1.24. The van der Waals surface area contributed by atoms with E-state index in [0.29, 0.717) is 12.2 Å². The highest BCUT2D eigenvalue weighted by molar-refractivity contribution is 5.88. The minimum absolute atomic E-state index is 0.131. The van der Waals surface area contributed by atoms with E-state index in [1.807, 2.05) is 24.3 Å². The van der Waals surface area contributed by atoms with E-state index in [4.69, 9.17) is 23.7 Å². The molecule has 0 aliphatic carbocycles. The Morgan fingerprint density at radius 2 is 1.86 bits per heavy atom. The molecule has 3 atom stereocenters. The second-order valence-corrected chi connectivity index (χ2v) is 8.39. The average Bonchev–Trinajstić information content (AvgIpc) is 2.85. The Labute approximate surface area is 205 Å². The van der Waals surface area contributed by atoms with E-state index in [0.717, 1.165) is 35.4 Å². The zero-order valence-corrected chi connectivity index (χ0v) is 20.3. The van der Waals surface area contributed by atoms with Gasteiger partial charge in [0, 0.05) is 11.1 Å². The van der Waals surface area contributed by atoms with E-state index < -0.39 is 24.8 Å². The molecular formula is C27H32O8. The van der Waals surface area contributed by atoms with E-state index in [9.17, 15) is 14.7 Å². The molecule has 8 heteroatoms. The molecule has 1 heterocycles. The van der Waals surface area contributed by atoms with Gasteiger partial charge in [0.1, 0.15) is 25.2 Å². The van der Waals surface area contributed by atoms with Gasteiger partial charge in [-0.1, -0.05) is 38.6 Å². The number of aliphatic hydroxyl groups excluding tert-OH is 1. The first-order valence-electron chi connectivity index (χ1n) is 11.7. The molecule has 3 unspecified atom stereocenters. The zero-order chi connectivity index (χ0) is 25.4. The molecule has 0 spiro atoms. The molecule has 0 radical (unpaired) electrons. The lowest BCUT2D eigenvalue weighted by Gasteiger charge is -2.34. The van der Waals surface area contributed by atoms with Crippen LogP contribution in [0.25, 0.3) is 10.8 Å². The third kappa shape index (κ3) is 7.65. The maximum Gasteiger partial charge on any atom is 0.338 e. The monoisotopic (exact) mass is 484 g/mol. The van der Waals surface area contributed by atoms with Crippen molar-refractivity contribution in [3.05, 3.63) is 66.1 Å². The van der Waals surface area contributed by atoms with Crippen LogP contribution in [-0.4, -0.2) is 42.5 Å². The number of aliphatic hydroxyl groups is 1. The van der Waals surface area contributed by atoms with Gasteiger partial charge in [0.2, 0.25) is 0 Å². The Kier molecular flexibility index (Phi) is 9.42. The minimum Gasteiger partial charge on any atom is -0.507 e. The summed E-state index contributed by atoms with van der Waals surface area (Å²) >= 11 is 0. The minimum atomic E-state index is -0.639. The van der Waals surface area contributed by atoms with Crippen LogP contribution < -0.4 is 4.74 Å². The van der Waals surface area contributed by atoms with Crippen molar-refractivity contribution in [3.8, 4) is 5.75 Å². The van der Waals surface area contributed by atoms with Gasteiger partial charge in [0.25, 0.3) is 0 Å². The topological polar surface area (TPSA) is 101 Å². The third-order valence-corrected chi connectivity index (χ3v) is 5.55. The van der Waals surface area contributed by atoms with Crippen LogP contribution >= 0.6 is 0 Å². The highest BCUT2D eigenvalue weighted by Gasteiger charge is 2.27. The molecule has 3 rings (SSSR count). The van der Waals surface area contributed by atoms with Gasteiger partial charge in [-0.3, -0.25) is 0 Å². The second-order valence-electron chi connectivity index (χ2n) is 8.39. The van der Waals surface area contributed by atoms with Gasteiger partial charge in [0.05, 0.1) is 12.2 Å². The maximum atomic E-state index is 12.1. The Hall–Kier alpha value is -3.20. The SMILES string of the molecule is C=C(CC)C(=O)O/C=C(/O)COCC(=O)Oc1ccc2cc(C3OC(C)CC(CC)O3)ccc2c1. The van der Waals surface area contributed by atoms with Crippen LogP contribution in [0.5, 0.6) is 5.75 Å². The van der Waals surface area contributed by atoms with Crippen molar-refractivity contribution in [1.29, 1.82) is 0 Å². The molecular weight excluding hydrogens is 452 g/mol. The van der Waals surface area contributed by atoms with Gasteiger partial charge < -0.3 is 28.8 Å². The highest BCUT2D eigenvalue weighted by atomic mass is 16.7. The van der Waals surface area contributed by atoms with Crippen LogP contribution in [0.1, 0.15) is 51.9 Å². The van der Waals surface area contributed by atoms with Crippen LogP contribution in [0, 0.1) is 0 Å². The molecule has 188 valence electrons. The quantitative estimate of drug-likeness (QED) is 0.211. The Bertz CT molecular complexity index is 1090. The number of hydrogen-bond donors (Lipinski definition) is 1. The van der Waals surface area contributed by atoms with Crippen molar-refractivity contribution in [2.24, 2.45) is 0 Å². The number of esters is 2. The summed E-state index contributed by atoms with van der Waals surface area (Å²) in [5, 5.41) is 11.6. The van der Waals surface area contributed by atoms with E-state index in [1.54, 1.807) is 19.1 Å². The average molecular weight is 485 g/mol. The first-order valence-corrected chi connectivity index (χ1v) is 11.7. The molecule has 0 saturated carbocycles. The van der Waals surface area contributed by atoms with Gasteiger partial charge in [0.15, 0.2) is 12.0 Å². The predicted molar refractivity (Wildman–Crippen MR) is 130 cm³/mol. The van der Waals surface area contributed by atoms with Crippen molar-refractivity contribution < 1.29 is 38.4 Å². The summed E-state index contributed by atoms with van der Waals surface area (Å²) in [4.78, 5) is 23.6. The van der Waals surface area contributed by atoms with Gasteiger partial charge >= 0.3 is 11.9 Å². The number of rotatable bonds is 10. The first kappa shape index (κ1) is 26.4. The summed E-state index contributed by atoms with van der Waals surface area (Å²) in [6.45, 7) is 8.76. The van der Waals surface area contributed by atoms with Crippen LogP contribution in [0.15, 0.2) is 60.6 Å². The lowest BCUT2D eigenvalue weighted by molar-refractivity contribution is -0.243. The molecule has 2 aromatic carbocycles. The smallest absolute Gasteiger partial charge is 0.338 e. The van der Waals surface area contributed by atoms with E-state index >= 15 is 0 Å². The molecule has 0 amide bonds. The van der Waals surface area contributed by atoms with Crippen LogP contribution in [0.4, 0.5) is 0 Å². The molecule has 8 nitrogen and oxygen atoms in total. The van der Waals surface area contributed by atoms with E-state index in [-0.39, 0.29) is 30.1 Å². The number of carbonyl (C=O) groups excluding carboxylic acids is 2. The zero-order valence-electron chi connectivity index (χ0n) is 20.3. The lowest BCUT2D eigenvalue weighted by Crippen LogP contribution is -2.31. The fourth-order valence-corrected chi connectivity index (χ4v) is 3.55. The van der Waals surface area contributed by atoms with Crippen molar-refractivity contribution in [2.45, 2.75) is 58.5 Å². The number of ether oxygens (including phenoxy) is 5. The fourth-order valence-electron chi connectivity index (χ4n) is 3.55. The third-order valence-electron chi connectivity index (χ3n) is 5.55. The molecule has 0 aromatic heterocycles. The molecule has 0 bridgehead atoms. The standard InChI is InChI=1S/C27H32O8/c1-5-17(3)26(30)32-15-22(28)14-31-16-25(29)34-24-10-9-19-12-21(8-7-20(19)13-24)27-33-18(4)11-23(6-2)35-27/h7-10,12-13,15,18,23,27-28H,3,5-6,11,14,16H2,1-2,4H3/b22-15+.